The molecule has 0 aliphatic heterocycles. The first-order chi connectivity index (χ1) is 17.9. The highest BCUT2D eigenvalue weighted by Gasteiger charge is 2.05. The molecule has 9 N–H and O–H groups in total. The molecular formula is C28H29Cl2N7. The number of nitrogens with two attached hydrogens (primary N) is 4. The van der Waals surface area contributed by atoms with E-state index in [1.54, 1.807) is 6.07 Å². The van der Waals surface area contributed by atoms with Gasteiger partial charge in [0, 0.05) is 26.9 Å². The van der Waals surface area contributed by atoms with Crippen LogP contribution in [0.5, 0.6) is 0 Å². The molecule has 4 rings (SSSR count). The van der Waals surface area contributed by atoms with Crippen LogP contribution in [-0.4, -0.2) is 11.7 Å². The zero-order valence-corrected chi connectivity index (χ0v) is 21.6. The molecule has 0 unspecified atom stereocenters. The van der Waals surface area contributed by atoms with Gasteiger partial charge in [0.05, 0.1) is 18.8 Å². The van der Waals surface area contributed by atoms with Crippen LogP contribution >= 0.6 is 23.2 Å². The largest absolute Gasteiger partial charge is 0.398 e. The van der Waals surface area contributed by atoms with E-state index >= 15 is 0 Å². The molecule has 0 radical (unpaired) electrons. The maximum absolute atomic E-state index is 6.07. The van der Waals surface area contributed by atoms with E-state index in [0.717, 1.165) is 27.9 Å². The van der Waals surface area contributed by atoms with Crippen molar-refractivity contribution in [3.8, 4) is 0 Å². The van der Waals surface area contributed by atoms with Gasteiger partial charge in [0.1, 0.15) is 11.7 Å². The summed E-state index contributed by atoms with van der Waals surface area (Å²) in [6, 6.07) is 30.0. The molecule has 4 aromatic rings. The predicted molar refractivity (Wildman–Crippen MR) is 157 cm³/mol. The molecule has 4 aromatic carbocycles. The van der Waals surface area contributed by atoms with Crippen LogP contribution in [0.1, 0.15) is 22.3 Å². The fourth-order valence-electron chi connectivity index (χ4n) is 3.33. The Balaban J connectivity index is 0.000000206. The Morgan fingerprint density at radius 3 is 1.57 bits per heavy atom. The number of rotatable bonds is 7. The van der Waals surface area contributed by atoms with E-state index in [0.29, 0.717) is 40.5 Å². The number of benzene rings is 4. The quantitative estimate of drug-likeness (QED) is 0.0714. The molecule has 0 amide bonds. The van der Waals surface area contributed by atoms with Gasteiger partial charge in [0.15, 0.2) is 0 Å². The molecule has 0 atom stereocenters. The van der Waals surface area contributed by atoms with Gasteiger partial charge in [-0.05, 0) is 47.5 Å². The van der Waals surface area contributed by atoms with Crippen molar-refractivity contribution in [2.75, 3.05) is 11.2 Å². The highest BCUT2D eigenvalue weighted by molar-refractivity contribution is 6.31. The highest BCUT2D eigenvalue weighted by atomic mass is 35.5. The molecule has 0 heterocycles. The second-order valence-electron chi connectivity index (χ2n) is 7.86. The minimum atomic E-state index is 0.424. The van der Waals surface area contributed by atoms with Crippen molar-refractivity contribution in [1.82, 2.24) is 0 Å². The summed E-state index contributed by atoms with van der Waals surface area (Å²) in [7, 11) is 0. The number of nitrogen functional groups attached to an aromatic ring is 2. The maximum Gasteiger partial charge on any atom is 0.128 e. The molecule has 0 aliphatic carbocycles. The van der Waals surface area contributed by atoms with Crippen LogP contribution in [0.2, 0.25) is 10.0 Å². The van der Waals surface area contributed by atoms with E-state index in [9.17, 15) is 0 Å². The van der Waals surface area contributed by atoms with Crippen molar-refractivity contribution in [1.29, 1.82) is 0 Å². The SMILES string of the molecule is NC(=NCc1ccccc1Cl)c1ccccc1N.NNc1ccccc1C(N)=NCc1ccccc1Cl. The summed E-state index contributed by atoms with van der Waals surface area (Å²) >= 11 is 12.1. The average molecular weight is 534 g/mol. The minimum Gasteiger partial charge on any atom is -0.398 e. The lowest BCUT2D eigenvalue weighted by Crippen LogP contribution is -2.18. The van der Waals surface area contributed by atoms with Gasteiger partial charge in [0.25, 0.3) is 0 Å². The van der Waals surface area contributed by atoms with Gasteiger partial charge >= 0.3 is 0 Å². The van der Waals surface area contributed by atoms with E-state index in [4.69, 9.17) is 46.2 Å². The number of nitrogens with one attached hydrogen (secondary N) is 1. The van der Waals surface area contributed by atoms with E-state index < -0.39 is 0 Å². The van der Waals surface area contributed by atoms with Crippen LogP contribution in [0, 0.1) is 0 Å². The van der Waals surface area contributed by atoms with Crippen molar-refractivity contribution in [2.24, 2.45) is 27.3 Å². The van der Waals surface area contributed by atoms with Crippen LogP contribution in [0.15, 0.2) is 107 Å². The Bertz CT molecular complexity index is 1390. The minimum absolute atomic E-state index is 0.424. The van der Waals surface area contributed by atoms with Crippen LogP contribution in [0.3, 0.4) is 0 Å². The van der Waals surface area contributed by atoms with Crippen molar-refractivity contribution < 1.29 is 0 Å². The molecule has 0 saturated heterocycles. The number of hydrogen-bond acceptors (Lipinski definition) is 5. The van der Waals surface area contributed by atoms with Crippen LogP contribution in [-0.2, 0) is 13.1 Å². The fraction of sp³-hybridized carbons (Fsp3) is 0.0714. The molecule has 190 valence electrons. The van der Waals surface area contributed by atoms with E-state index in [1.807, 2.05) is 91.0 Å². The first-order valence-corrected chi connectivity index (χ1v) is 12.1. The third-order valence-electron chi connectivity index (χ3n) is 5.35. The van der Waals surface area contributed by atoms with Crippen molar-refractivity contribution in [3.63, 3.8) is 0 Å². The molecule has 37 heavy (non-hydrogen) atoms. The Labute approximate surface area is 226 Å². The van der Waals surface area contributed by atoms with Gasteiger partial charge < -0.3 is 22.6 Å². The topological polar surface area (TPSA) is 141 Å². The number of hydrogen-bond donors (Lipinski definition) is 5. The standard InChI is InChI=1S/C14H15ClN4.C14H14ClN3/c15-12-7-3-1-5-10(12)9-18-14(16)11-6-2-4-8-13(11)19-17;15-12-7-3-1-5-10(12)9-18-14(17)11-6-2-4-8-13(11)16/h1-8,19H,9,17H2,(H2,16,18);1-8H,9,16H2,(H2,17,18). The Kier molecular flexibility index (Phi) is 10.3. The maximum atomic E-state index is 6.07. The molecule has 0 aromatic heterocycles. The summed E-state index contributed by atoms with van der Waals surface area (Å²) in [4.78, 5) is 8.66. The summed E-state index contributed by atoms with van der Waals surface area (Å²) in [5.74, 6) is 6.29. The van der Waals surface area contributed by atoms with Gasteiger partial charge in [0.2, 0.25) is 0 Å². The lowest BCUT2D eigenvalue weighted by Gasteiger charge is -2.08. The van der Waals surface area contributed by atoms with Crippen LogP contribution in [0.4, 0.5) is 11.4 Å². The highest BCUT2D eigenvalue weighted by Crippen LogP contribution is 2.18. The summed E-state index contributed by atoms with van der Waals surface area (Å²) in [5, 5.41) is 1.37. The zero-order valence-electron chi connectivity index (χ0n) is 20.1. The van der Waals surface area contributed by atoms with Gasteiger partial charge in [-0.3, -0.25) is 15.8 Å². The molecule has 0 fully saturated rings. The first-order valence-electron chi connectivity index (χ1n) is 11.4. The first kappa shape index (κ1) is 27.5. The van der Waals surface area contributed by atoms with Gasteiger partial charge in [-0.25, -0.2) is 0 Å². The van der Waals surface area contributed by atoms with Crippen LogP contribution < -0.4 is 28.5 Å². The van der Waals surface area contributed by atoms with Gasteiger partial charge in [-0.2, -0.15) is 0 Å². The number of nitrogens with zero attached hydrogens (tertiary/aromatic N) is 2. The third kappa shape index (κ3) is 7.98. The normalized spacial score (nSPS) is 11.4. The van der Waals surface area contributed by atoms with Crippen molar-refractivity contribution in [2.45, 2.75) is 13.1 Å². The molecule has 9 heteroatoms. The molecule has 0 saturated carbocycles. The van der Waals surface area contributed by atoms with Crippen LogP contribution in [0.25, 0.3) is 0 Å². The van der Waals surface area contributed by atoms with E-state index in [2.05, 4.69) is 15.4 Å². The smallest absolute Gasteiger partial charge is 0.128 e. The lowest BCUT2D eigenvalue weighted by atomic mass is 10.1. The number of hydrazine groups is 1. The molecular weight excluding hydrogens is 505 g/mol. The Morgan fingerprint density at radius 2 is 1.05 bits per heavy atom. The number of anilines is 2. The third-order valence-corrected chi connectivity index (χ3v) is 6.09. The van der Waals surface area contributed by atoms with Gasteiger partial charge in [-0.1, -0.05) is 83.9 Å². The fourth-order valence-corrected chi connectivity index (χ4v) is 3.72. The second-order valence-corrected chi connectivity index (χ2v) is 8.68. The Hall–Kier alpha value is -4.04. The number of para-hydroxylation sites is 2. The summed E-state index contributed by atoms with van der Waals surface area (Å²) in [5.41, 5.74) is 25.1. The number of aliphatic imine (C=N–C) groups is 2. The zero-order chi connectivity index (χ0) is 26.6. The summed E-state index contributed by atoms with van der Waals surface area (Å²) < 4.78 is 0. The van der Waals surface area contributed by atoms with Crippen molar-refractivity contribution >= 4 is 46.2 Å². The molecule has 0 bridgehead atoms. The molecule has 7 nitrogen and oxygen atoms in total. The monoisotopic (exact) mass is 533 g/mol. The van der Waals surface area contributed by atoms with E-state index in [1.165, 1.54) is 0 Å². The molecule has 0 aliphatic rings. The summed E-state index contributed by atoms with van der Waals surface area (Å²) in [6.45, 7) is 0.879. The van der Waals surface area contributed by atoms with Crippen molar-refractivity contribution in [3.05, 3.63) is 129 Å². The lowest BCUT2D eigenvalue weighted by molar-refractivity contribution is 1.06. The van der Waals surface area contributed by atoms with E-state index in [-0.39, 0.29) is 0 Å². The average Bonchev–Trinajstić information content (AvgIpc) is 2.92. The second kappa shape index (κ2) is 13.9. The van der Waals surface area contributed by atoms with Gasteiger partial charge in [-0.15, -0.1) is 0 Å². The predicted octanol–water partition coefficient (Wildman–Crippen LogP) is 5.36. The molecule has 0 spiro atoms. The summed E-state index contributed by atoms with van der Waals surface area (Å²) in [6.07, 6.45) is 0. The number of amidine groups is 2. The number of halogens is 2. The Morgan fingerprint density at radius 1 is 0.622 bits per heavy atom.